The average molecular weight is 497 g/mol. The molecule has 1 aliphatic heterocycles. The first kappa shape index (κ1) is 24.6. The Morgan fingerprint density at radius 3 is 2.66 bits per heavy atom. The van der Waals surface area contributed by atoms with Crippen LogP contribution in [0.2, 0.25) is 0 Å². The van der Waals surface area contributed by atoms with Crippen LogP contribution in [0.5, 0.6) is 5.88 Å². The molecule has 35 heavy (non-hydrogen) atoms. The number of rotatable bonds is 8. The van der Waals surface area contributed by atoms with Crippen molar-refractivity contribution in [1.82, 2.24) is 25.4 Å². The number of anilines is 1. The van der Waals surface area contributed by atoms with Crippen molar-refractivity contribution in [3.8, 4) is 5.88 Å². The minimum absolute atomic E-state index is 0.231. The predicted molar refractivity (Wildman–Crippen MR) is 134 cm³/mol. The Hall–Kier alpha value is -3.56. The Balaban J connectivity index is 1.47. The van der Waals surface area contributed by atoms with Gasteiger partial charge in [0.1, 0.15) is 5.76 Å². The highest BCUT2D eigenvalue weighted by atomic mass is 35.5. The van der Waals surface area contributed by atoms with Crippen molar-refractivity contribution in [1.29, 1.82) is 0 Å². The fourth-order valence-electron chi connectivity index (χ4n) is 3.85. The number of nitrogen functional groups attached to an aromatic ring is 1. The molecule has 4 amide bonds. The third kappa shape index (κ3) is 5.93. The summed E-state index contributed by atoms with van der Waals surface area (Å²) in [4.78, 5) is 32.9. The molecule has 2 unspecified atom stereocenters. The van der Waals surface area contributed by atoms with Crippen molar-refractivity contribution >= 4 is 29.4 Å². The second-order valence-electron chi connectivity index (χ2n) is 8.54. The van der Waals surface area contributed by atoms with Gasteiger partial charge in [-0.05, 0) is 31.1 Å². The number of nitrogens with one attached hydrogen (secondary N) is 2. The maximum Gasteiger partial charge on any atom is 0.331 e. The maximum absolute atomic E-state index is 13.3. The summed E-state index contributed by atoms with van der Waals surface area (Å²) in [5, 5.41) is 6.75. The fourth-order valence-corrected chi connectivity index (χ4v) is 4.12. The lowest BCUT2D eigenvalue weighted by Crippen LogP contribution is -2.69. The summed E-state index contributed by atoms with van der Waals surface area (Å²) < 4.78 is 5.77. The number of ether oxygens (including phenoxy) is 1. The van der Waals surface area contributed by atoms with Crippen molar-refractivity contribution in [2.45, 2.75) is 45.6 Å². The van der Waals surface area contributed by atoms with Crippen LogP contribution in [0.4, 0.5) is 15.3 Å². The van der Waals surface area contributed by atoms with E-state index in [1.807, 2.05) is 44.2 Å². The van der Waals surface area contributed by atoms with Crippen LogP contribution in [0.3, 0.4) is 0 Å². The number of amides is 4. The van der Waals surface area contributed by atoms with Gasteiger partial charge in [-0.25, -0.2) is 19.5 Å². The van der Waals surface area contributed by atoms with E-state index in [9.17, 15) is 9.59 Å². The van der Waals surface area contributed by atoms with Gasteiger partial charge in [0.25, 0.3) is 0 Å². The van der Waals surface area contributed by atoms with Gasteiger partial charge in [-0.1, -0.05) is 54.4 Å². The molecule has 0 spiro atoms. The van der Waals surface area contributed by atoms with Crippen molar-refractivity contribution in [3.63, 3.8) is 0 Å². The molecule has 4 rings (SSSR count). The van der Waals surface area contributed by atoms with Crippen LogP contribution < -0.4 is 21.1 Å². The van der Waals surface area contributed by atoms with E-state index in [1.165, 1.54) is 11.1 Å². The lowest BCUT2D eigenvalue weighted by Gasteiger charge is -2.42. The van der Waals surface area contributed by atoms with Crippen LogP contribution in [0, 0.1) is 6.92 Å². The molecule has 2 atom stereocenters. The molecule has 1 aromatic carbocycles. The number of nitrogens with two attached hydrogens (primary N) is 1. The largest absolute Gasteiger partial charge is 0.438 e. The normalized spacial score (nSPS) is 20.3. The average Bonchev–Trinajstić information content (AvgIpc) is 2.83. The molecule has 184 valence electrons. The van der Waals surface area contributed by atoms with E-state index in [2.05, 4.69) is 15.6 Å². The number of carbonyl (C=O) groups excluding carboxylic acids is 2. The van der Waals surface area contributed by atoms with Gasteiger partial charge in [-0.15, -0.1) is 0 Å². The second kappa shape index (κ2) is 10.8. The molecule has 10 heteroatoms. The van der Waals surface area contributed by atoms with Gasteiger partial charge in [0.15, 0.2) is 6.29 Å². The van der Waals surface area contributed by atoms with E-state index in [4.69, 9.17) is 22.1 Å². The molecule has 0 bridgehead atoms. The first-order chi connectivity index (χ1) is 16.8. The van der Waals surface area contributed by atoms with Crippen LogP contribution in [0.1, 0.15) is 30.9 Å². The monoisotopic (exact) mass is 496 g/mol. The van der Waals surface area contributed by atoms with Crippen LogP contribution in [-0.4, -0.2) is 45.7 Å². The molecule has 1 aromatic heterocycles. The topological polar surface area (TPSA) is 113 Å². The van der Waals surface area contributed by atoms with E-state index in [-0.39, 0.29) is 12.1 Å². The maximum atomic E-state index is 13.3. The summed E-state index contributed by atoms with van der Waals surface area (Å²) >= 11 is 6.51. The summed E-state index contributed by atoms with van der Waals surface area (Å²) in [5.41, 5.74) is 8.31. The number of benzene rings is 1. The van der Waals surface area contributed by atoms with Crippen molar-refractivity contribution in [2.24, 2.45) is 0 Å². The number of carbonyl (C=O) groups is 2. The molecule has 1 saturated heterocycles. The molecule has 2 aliphatic rings. The Kier molecular flexibility index (Phi) is 7.57. The SMILES string of the molecule is CCCN1C(=O)NC(NC2C=CC(Oc3ccc(N)cn3)=C(Cl)C2)N(Cc2ccc(C)cc2)C1=O. The van der Waals surface area contributed by atoms with E-state index in [1.54, 1.807) is 23.1 Å². The Labute approximate surface area is 209 Å². The molecule has 2 aromatic rings. The number of halogens is 1. The van der Waals surface area contributed by atoms with E-state index < -0.39 is 12.3 Å². The van der Waals surface area contributed by atoms with E-state index in [0.29, 0.717) is 48.3 Å². The summed E-state index contributed by atoms with van der Waals surface area (Å²) in [6.45, 7) is 4.63. The van der Waals surface area contributed by atoms with Gasteiger partial charge in [0.2, 0.25) is 5.88 Å². The summed E-state index contributed by atoms with van der Waals surface area (Å²) in [6, 6.07) is 10.3. The summed E-state index contributed by atoms with van der Waals surface area (Å²) in [7, 11) is 0. The second-order valence-corrected chi connectivity index (χ2v) is 8.99. The molecule has 9 nitrogen and oxygen atoms in total. The standard InChI is InChI=1S/C25H29ClN6O3/c1-3-12-31-24(33)30-23(32(25(31)34)15-17-6-4-16(2)5-7-17)29-19-9-10-21(20(26)13-19)35-22-11-8-18(27)14-28-22/h4-11,14,19,23,29H,3,12-13,15,27H2,1-2H3,(H,30,33). The number of hydrogen-bond donors (Lipinski definition) is 3. The highest BCUT2D eigenvalue weighted by Crippen LogP contribution is 2.26. The van der Waals surface area contributed by atoms with Crippen molar-refractivity contribution in [2.75, 3.05) is 12.3 Å². The molecular weight excluding hydrogens is 468 g/mol. The Morgan fingerprint density at radius 1 is 1.23 bits per heavy atom. The molecule has 4 N–H and O–H groups in total. The highest BCUT2D eigenvalue weighted by molar-refractivity contribution is 6.30. The molecular formula is C25H29ClN6O3. The van der Waals surface area contributed by atoms with E-state index >= 15 is 0 Å². The first-order valence-corrected chi connectivity index (χ1v) is 11.9. The van der Waals surface area contributed by atoms with Crippen molar-refractivity contribution < 1.29 is 14.3 Å². The lowest BCUT2D eigenvalue weighted by atomic mass is 10.1. The van der Waals surface area contributed by atoms with Gasteiger partial charge >= 0.3 is 12.1 Å². The summed E-state index contributed by atoms with van der Waals surface area (Å²) in [6.07, 6.45) is 5.53. The van der Waals surface area contributed by atoms with E-state index in [0.717, 1.165) is 11.1 Å². The number of aryl methyl sites for hydroxylation is 1. The summed E-state index contributed by atoms with van der Waals surface area (Å²) in [5.74, 6) is 0.866. The number of imide groups is 1. The van der Waals surface area contributed by atoms with Gasteiger partial charge in [-0.3, -0.25) is 10.2 Å². The Bertz CT molecular complexity index is 1130. The van der Waals surface area contributed by atoms with Crippen molar-refractivity contribution in [3.05, 3.63) is 76.7 Å². The molecule has 1 aliphatic carbocycles. The zero-order chi connectivity index (χ0) is 24.9. The zero-order valence-corrected chi connectivity index (χ0v) is 20.5. The van der Waals surface area contributed by atoms with Crippen LogP contribution in [0.15, 0.2) is 65.5 Å². The third-order valence-electron chi connectivity index (χ3n) is 5.71. The smallest absolute Gasteiger partial charge is 0.331 e. The number of aromatic nitrogens is 1. The first-order valence-electron chi connectivity index (χ1n) is 11.5. The number of pyridine rings is 1. The quantitative estimate of drug-likeness (QED) is 0.508. The minimum Gasteiger partial charge on any atom is -0.438 e. The fraction of sp³-hybridized carbons (Fsp3) is 0.320. The highest BCUT2D eigenvalue weighted by Gasteiger charge is 2.38. The number of urea groups is 2. The molecule has 0 saturated carbocycles. The van der Waals surface area contributed by atoms with Gasteiger partial charge < -0.3 is 15.8 Å². The van der Waals surface area contributed by atoms with Gasteiger partial charge in [-0.2, -0.15) is 0 Å². The van der Waals surface area contributed by atoms with Crippen LogP contribution in [0.25, 0.3) is 0 Å². The van der Waals surface area contributed by atoms with Crippen LogP contribution >= 0.6 is 11.6 Å². The predicted octanol–water partition coefficient (Wildman–Crippen LogP) is 4.06. The van der Waals surface area contributed by atoms with Gasteiger partial charge in [0.05, 0.1) is 23.5 Å². The zero-order valence-electron chi connectivity index (χ0n) is 19.7. The third-order valence-corrected chi connectivity index (χ3v) is 6.05. The molecule has 1 fully saturated rings. The minimum atomic E-state index is -0.704. The lowest BCUT2D eigenvalue weighted by molar-refractivity contribution is 0.0824. The van der Waals surface area contributed by atoms with Gasteiger partial charge in [0, 0.05) is 25.1 Å². The molecule has 2 heterocycles. The van der Waals surface area contributed by atoms with Crippen LogP contribution in [-0.2, 0) is 6.54 Å². The Morgan fingerprint density at radius 2 is 2.00 bits per heavy atom. The number of allylic oxidation sites excluding steroid dienone is 1. The number of nitrogens with zero attached hydrogens (tertiary/aromatic N) is 3. The molecule has 0 radical (unpaired) electrons. The number of hydrogen-bond acceptors (Lipinski definition) is 6.